The monoisotopic (exact) mass is 266 g/mol. The number of fused-ring (bicyclic) bond motifs is 1. The molecular weight excluding hydrogens is 248 g/mol. The summed E-state index contributed by atoms with van der Waals surface area (Å²) in [5, 5.41) is 3.46. The van der Waals surface area contributed by atoms with Gasteiger partial charge < -0.3 is 5.32 Å². The van der Waals surface area contributed by atoms with Crippen LogP contribution >= 0.6 is 0 Å². The number of aryl methyl sites for hydroxylation is 1. The standard InChI is InChI=1S/C17H18N2O/c1-3-16-18-14-10-6-5-9-13(14)17(20)19(16)15-11-7-4-8-12(15)2/h4-11,16,18H,3H2,1-2H3. The molecule has 1 amide bonds. The van der Waals surface area contributed by atoms with E-state index < -0.39 is 0 Å². The molecule has 3 rings (SSSR count). The number of carbonyl (C=O) groups is 1. The summed E-state index contributed by atoms with van der Waals surface area (Å²) in [6, 6.07) is 15.7. The highest BCUT2D eigenvalue weighted by atomic mass is 16.2. The Labute approximate surface area is 119 Å². The third kappa shape index (κ3) is 1.95. The number of nitrogens with one attached hydrogen (secondary N) is 1. The second-order valence-corrected chi connectivity index (χ2v) is 5.08. The molecule has 2 aromatic carbocycles. The van der Waals surface area contributed by atoms with E-state index in [9.17, 15) is 4.79 Å². The van der Waals surface area contributed by atoms with Crippen LogP contribution in [0.3, 0.4) is 0 Å². The molecular formula is C17H18N2O. The van der Waals surface area contributed by atoms with Crippen LogP contribution in [0.25, 0.3) is 0 Å². The number of rotatable bonds is 2. The van der Waals surface area contributed by atoms with Gasteiger partial charge in [-0.2, -0.15) is 0 Å². The highest BCUT2D eigenvalue weighted by Gasteiger charge is 2.32. The first-order valence-electron chi connectivity index (χ1n) is 6.97. The fraction of sp³-hybridized carbons (Fsp3) is 0.235. The smallest absolute Gasteiger partial charge is 0.262 e. The molecule has 0 radical (unpaired) electrons. The van der Waals surface area contributed by atoms with E-state index >= 15 is 0 Å². The van der Waals surface area contributed by atoms with Crippen molar-refractivity contribution < 1.29 is 4.79 Å². The van der Waals surface area contributed by atoms with Crippen molar-refractivity contribution in [3.8, 4) is 0 Å². The Morgan fingerprint density at radius 2 is 1.80 bits per heavy atom. The molecule has 1 aliphatic heterocycles. The third-order valence-corrected chi connectivity index (χ3v) is 3.77. The van der Waals surface area contributed by atoms with Gasteiger partial charge >= 0.3 is 0 Å². The van der Waals surface area contributed by atoms with Crippen molar-refractivity contribution in [3.63, 3.8) is 0 Å². The normalized spacial score (nSPS) is 17.6. The summed E-state index contributed by atoms with van der Waals surface area (Å²) in [5.41, 5.74) is 3.75. The van der Waals surface area contributed by atoms with Gasteiger partial charge in [0, 0.05) is 11.4 Å². The van der Waals surface area contributed by atoms with Crippen molar-refractivity contribution in [1.82, 2.24) is 0 Å². The zero-order valence-electron chi connectivity index (χ0n) is 11.8. The van der Waals surface area contributed by atoms with E-state index in [1.165, 1.54) is 0 Å². The Kier molecular flexibility index (Phi) is 3.18. The summed E-state index contributed by atoms with van der Waals surface area (Å²) in [4.78, 5) is 14.7. The van der Waals surface area contributed by atoms with E-state index in [4.69, 9.17) is 0 Å². The van der Waals surface area contributed by atoms with Crippen LogP contribution in [-0.2, 0) is 0 Å². The van der Waals surface area contributed by atoms with Gasteiger partial charge in [-0.1, -0.05) is 37.3 Å². The Bertz CT molecular complexity index is 651. The van der Waals surface area contributed by atoms with Gasteiger partial charge in [0.1, 0.15) is 6.17 Å². The largest absolute Gasteiger partial charge is 0.364 e. The van der Waals surface area contributed by atoms with Gasteiger partial charge in [0.25, 0.3) is 5.91 Å². The highest BCUT2D eigenvalue weighted by Crippen LogP contribution is 2.32. The lowest BCUT2D eigenvalue weighted by atomic mass is 10.0. The first-order valence-corrected chi connectivity index (χ1v) is 6.97. The Hall–Kier alpha value is -2.29. The van der Waals surface area contributed by atoms with Gasteiger partial charge in [-0.15, -0.1) is 0 Å². The fourth-order valence-corrected chi connectivity index (χ4v) is 2.71. The molecule has 20 heavy (non-hydrogen) atoms. The number of carbonyl (C=O) groups excluding carboxylic acids is 1. The molecule has 1 heterocycles. The number of amides is 1. The van der Waals surface area contributed by atoms with Gasteiger partial charge in [-0.25, -0.2) is 0 Å². The van der Waals surface area contributed by atoms with Gasteiger partial charge in [0.15, 0.2) is 0 Å². The summed E-state index contributed by atoms with van der Waals surface area (Å²) < 4.78 is 0. The number of hydrogen-bond acceptors (Lipinski definition) is 2. The SMILES string of the molecule is CCC1Nc2ccccc2C(=O)N1c1ccccc1C. The first-order chi connectivity index (χ1) is 9.72. The lowest BCUT2D eigenvalue weighted by molar-refractivity contribution is 0.0974. The summed E-state index contributed by atoms with van der Waals surface area (Å²) in [6.07, 6.45) is 0.854. The first kappa shape index (κ1) is 12.7. The van der Waals surface area contributed by atoms with Crippen LogP contribution in [0.2, 0.25) is 0 Å². The predicted octanol–water partition coefficient (Wildman–Crippen LogP) is 3.80. The maximum absolute atomic E-state index is 12.8. The number of hydrogen-bond donors (Lipinski definition) is 1. The van der Waals surface area contributed by atoms with Crippen molar-refractivity contribution in [1.29, 1.82) is 0 Å². The minimum absolute atomic E-state index is 0.00139. The quantitative estimate of drug-likeness (QED) is 0.896. The second-order valence-electron chi connectivity index (χ2n) is 5.08. The number of nitrogens with zero attached hydrogens (tertiary/aromatic N) is 1. The summed E-state index contributed by atoms with van der Waals surface area (Å²) >= 11 is 0. The topological polar surface area (TPSA) is 32.3 Å². The van der Waals surface area contributed by atoms with E-state index in [1.807, 2.05) is 60.4 Å². The highest BCUT2D eigenvalue weighted by molar-refractivity contribution is 6.12. The van der Waals surface area contributed by atoms with Crippen molar-refractivity contribution in [2.45, 2.75) is 26.4 Å². The molecule has 3 heteroatoms. The average Bonchev–Trinajstić information content (AvgIpc) is 2.48. The average molecular weight is 266 g/mol. The van der Waals surface area contributed by atoms with Gasteiger partial charge in [-0.05, 0) is 37.1 Å². The molecule has 0 bridgehead atoms. The summed E-state index contributed by atoms with van der Waals surface area (Å²) in [5.74, 6) is 0.0699. The second kappa shape index (κ2) is 5.00. The molecule has 0 aromatic heterocycles. The van der Waals surface area contributed by atoms with Crippen molar-refractivity contribution in [2.75, 3.05) is 10.2 Å². The maximum Gasteiger partial charge on any atom is 0.262 e. The van der Waals surface area contributed by atoms with E-state index in [1.54, 1.807) is 0 Å². The van der Waals surface area contributed by atoms with E-state index in [2.05, 4.69) is 12.2 Å². The van der Waals surface area contributed by atoms with E-state index in [0.29, 0.717) is 0 Å². The third-order valence-electron chi connectivity index (χ3n) is 3.77. The maximum atomic E-state index is 12.8. The van der Waals surface area contributed by atoms with Crippen LogP contribution < -0.4 is 10.2 Å². The summed E-state index contributed by atoms with van der Waals surface area (Å²) in [7, 11) is 0. The molecule has 102 valence electrons. The van der Waals surface area contributed by atoms with E-state index in [0.717, 1.165) is 28.9 Å². The molecule has 0 saturated carbocycles. The molecule has 1 N–H and O–H groups in total. The molecule has 0 spiro atoms. The van der Waals surface area contributed by atoms with Crippen LogP contribution in [0.4, 0.5) is 11.4 Å². The van der Waals surface area contributed by atoms with Crippen LogP contribution in [0.15, 0.2) is 48.5 Å². The van der Waals surface area contributed by atoms with Crippen LogP contribution in [0.5, 0.6) is 0 Å². The van der Waals surface area contributed by atoms with Crippen LogP contribution in [0.1, 0.15) is 29.3 Å². The molecule has 0 fully saturated rings. The number of anilines is 2. The number of para-hydroxylation sites is 2. The molecule has 0 aliphatic carbocycles. The number of benzene rings is 2. The van der Waals surface area contributed by atoms with Crippen molar-refractivity contribution >= 4 is 17.3 Å². The predicted molar refractivity (Wildman–Crippen MR) is 82.1 cm³/mol. The molecule has 1 atom stereocenters. The van der Waals surface area contributed by atoms with Crippen molar-refractivity contribution in [2.24, 2.45) is 0 Å². The molecule has 1 aliphatic rings. The Morgan fingerprint density at radius 3 is 2.55 bits per heavy atom. The van der Waals surface area contributed by atoms with Crippen LogP contribution in [-0.4, -0.2) is 12.1 Å². The lowest BCUT2D eigenvalue weighted by Gasteiger charge is -2.38. The van der Waals surface area contributed by atoms with Gasteiger partial charge in [-0.3, -0.25) is 9.69 Å². The van der Waals surface area contributed by atoms with Gasteiger partial charge in [0.2, 0.25) is 0 Å². The fourth-order valence-electron chi connectivity index (χ4n) is 2.71. The minimum atomic E-state index is -0.00139. The molecule has 3 nitrogen and oxygen atoms in total. The van der Waals surface area contributed by atoms with E-state index in [-0.39, 0.29) is 12.1 Å². The molecule has 1 unspecified atom stereocenters. The molecule has 0 saturated heterocycles. The summed E-state index contributed by atoms with van der Waals surface area (Å²) in [6.45, 7) is 4.12. The minimum Gasteiger partial charge on any atom is -0.364 e. The molecule has 2 aromatic rings. The van der Waals surface area contributed by atoms with Crippen molar-refractivity contribution in [3.05, 3.63) is 59.7 Å². The van der Waals surface area contributed by atoms with Crippen LogP contribution in [0, 0.1) is 6.92 Å². The Morgan fingerprint density at radius 1 is 1.10 bits per heavy atom. The van der Waals surface area contributed by atoms with Gasteiger partial charge in [0.05, 0.1) is 5.56 Å². The zero-order chi connectivity index (χ0) is 14.1. The Balaban J connectivity index is 2.11. The zero-order valence-corrected chi connectivity index (χ0v) is 11.8. The lowest BCUT2D eigenvalue weighted by Crippen LogP contribution is -2.49.